The van der Waals surface area contributed by atoms with Gasteiger partial charge in [0.2, 0.25) is 0 Å². The predicted molar refractivity (Wildman–Crippen MR) is 75.4 cm³/mol. The third-order valence-corrected chi connectivity index (χ3v) is 3.72. The molecule has 0 aromatic carbocycles. The van der Waals surface area contributed by atoms with Crippen molar-refractivity contribution in [3.63, 3.8) is 0 Å². The Kier molecular flexibility index (Phi) is 5.80. The van der Waals surface area contributed by atoms with Crippen LogP contribution in [0.25, 0.3) is 0 Å². The van der Waals surface area contributed by atoms with Crippen molar-refractivity contribution in [3.05, 3.63) is 0 Å². The zero-order chi connectivity index (χ0) is 15.3. The average molecular weight is 286 g/mol. The van der Waals surface area contributed by atoms with Crippen LogP contribution in [0, 0.1) is 11.3 Å². The van der Waals surface area contributed by atoms with Crippen LogP contribution in [0.3, 0.4) is 0 Å². The minimum absolute atomic E-state index is 0.125. The topological polar surface area (TPSA) is 89.9 Å². The fraction of sp³-hybridized carbons (Fsp3) is 0.857. The number of nitrogens with one attached hydrogen (secondary N) is 1. The zero-order valence-corrected chi connectivity index (χ0v) is 12.6. The van der Waals surface area contributed by atoms with Gasteiger partial charge in [-0.2, -0.15) is 0 Å². The number of amides is 2. The zero-order valence-electron chi connectivity index (χ0n) is 12.6. The van der Waals surface area contributed by atoms with E-state index in [9.17, 15) is 14.7 Å². The van der Waals surface area contributed by atoms with Gasteiger partial charge in [0.25, 0.3) is 0 Å². The molecule has 6 nitrogen and oxygen atoms in total. The second kappa shape index (κ2) is 6.92. The molecule has 0 bridgehead atoms. The quantitative estimate of drug-likeness (QED) is 0.726. The van der Waals surface area contributed by atoms with Gasteiger partial charge in [-0.15, -0.1) is 0 Å². The fourth-order valence-corrected chi connectivity index (χ4v) is 2.53. The van der Waals surface area contributed by atoms with E-state index in [1.165, 1.54) is 0 Å². The van der Waals surface area contributed by atoms with Crippen molar-refractivity contribution in [2.75, 3.05) is 19.7 Å². The average Bonchev–Trinajstić information content (AvgIpc) is 2.34. The van der Waals surface area contributed by atoms with E-state index in [-0.39, 0.29) is 12.6 Å². The highest BCUT2D eigenvalue weighted by Crippen LogP contribution is 2.22. The molecule has 0 aromatic heterocycles. The van der Waals surface area contributed by atoms with Gasteiger partial charge in [-0.3, -0.25) is 0 Å². The van der Waals surface area contributed by atoms with E-state index in [1.54, 1.807) is 25.7 Å². The summed E-state index contributed by atoms with van der Waals surface area (Å²) in [7, 11) is 0. The van der Waals surface area contributed by atoms with Gasteiger partial charge in [0, 0.05) is 19.7 Å². The molecule has 2 amide bonds. The summed E-state index contributed by atoms with van der Waals surface area (Å²) < 4.78 is 0. The summed E-state index contributed by atoms with van der Waals surface area (Å²) in [4.78, 5) is 25.1. The summed E-state index contributed by atoms with van der Waals surface area (Å²) in [5.41, 5.74) is -0.540. The predicted octanol–water partition coefficient (Wildman–Crippen LogP) is 1.29. The Morgan fingerprint density at radius 2 is 2.05 bits per heavy atom. The molecule has 1 aliphatic rings. The Morgan fingerprint density at radius 1 is 1.40 bits per heavy atom. The molecule has 1 fully saturated rings. The molecule has 1 aliphatic heterocycles. The minimum atomic E-state index is -1.02. The first kappa shape index (κ1) is 16.8. The van der Waals surface area contributed by atoms with Crippen molar-refractivity contribution in [1.29, 1.82) is 0 Å². The van der Waals surface area contributed by atoms with Gasteiger partial charge in [-0.25, -0.2) is 9.59 Å². The van der Waals surface area contributed by atoms with Crippen LogP contribution in [0.2, 0.25) is 0 Å². The molecular formula is C14H26N2O4. The summed E-state index contributed by atoms with van der Waals surface area (Å²) in [6.07, 6.45) is 2.59. The van der Waals surface area contributed by atoms with Gasteiger partial charge in [0.05, 0.1) is 0 Å². The molecule has 1 rings (SSSR count). The largest absolute Gasteiger partial charge is 0.480 e. The normalized spacial score (nSPS) is 21.4. The van der Waals surface area contributed by atoms with Crippen LogP contribution < -0.4 is 5.32 Å². The number of aliphatic hydroxyl groups excluding tert-OH is 1. The molecule has 1 heterocycles. The first-order chi connectivity index (χ1) is 9.25. The van der Waals surface area contributed by atoms with Crippen molar-refractivity contribution in [3.8, 4) is 0 Å². The summed E-state index contributed by atoms with van der Waals surface area (Å²) in [5, 5.41) is 20.8. The second-order valence-corrected chi connectivity index (χ2v) is 6.55. The van der Waals surface area contributed by atoms with Crippen molar-refractivity contribution in [2.45, 2.75) is 46.1 Å². The minimum Gasteiger partial charge on any atom is -0.480 e. The number of urea groups is 1. The smallest absolute Gasteiger partial charge is 0.326 e. The number of rotatable bonds is 4. The first-order valence-corrected chi connectivity index (χ1v) is 7.14. The molecule has 2 unspecified atom stereocenters. The molecule has 20 heavy (non-hydrogen) atoms. The molecule has 6 heteroatoms. The first-order valence-electron chi connectivity index (χ1n) is 7.14. The molecule has 2 atom stereocenters. The van der Waals surface area contributed by atoms with Crippen molar-refractivity contribution in [1.82, 2.24) is 10.2 Å². The molecule has 3 N–H and O–H groups in total. The lowest BCUT2D eigenvalue weighted by Crippen LogP contribution is -2.55. The summed E-state index contributed by atoms with van der Waals surface area (Å²) in [6, 6.07) is -1.23. The molecule has 0 saturated carbocycles. The van der Waals surface area contributed by atoms with Gasteiger partial charge < -0.3 is 20.4 Å². The monoisotopic (exact) mass is 286 g/mol. The van der Waals surface area contributed by atoms with E-state index in [0.717, 1.165) is 12.8 Å². The lowest BCUT2D eigenvalue weighted by atomic mass is 9.87. The third-order valence-electron chi connectivity index (χ3n) is 3.72. The number of likely N-dealkylation sites (tertiary alicyclic amines) is 1. The van der Waals surface area contributed by atoms with E-state index in [0.29, 0.717) is 25.4 Å². The summed E-state index contributed by atoms with van der Waals surface area (Å²) >= 11 is 0. The number of hydrogen-bond acceptors (Lipinski definition) is 3. The Bertz CT molecular complexity index is 350. The van der Waals surface area contributed by atoms with Crippen LogP contribution in [0.4, 0.5) is 4.79 Å². The van der Waals surface area contributed by atoms with E-state index < -0.39 is 17.4 Å². The van der Waals surface area contributed by atoms with Gasteiger partial charge in [0.15, 0.2) is 0 Å². The highest BCUT2D eigenvalue weighted by Gasteiger charge is 2.34. The van der Waals surface area contributed by atoms with Gasteiger partial charge in [-0.05, 0) is 30.6 Å². The number of carboxylic acid groups (broad SMARTS) is 1. The fourth-order valence-electron chi connectivity index (χ4n) is 2.53. The van der Waals surface area contributed by atoms with Crippen LogP contribution in [-0.2, 0) is 4.79 Å². The lowest BCUT2D eigenvalue weighted by molar-refractivity contribution is -0.142. The van der Waals surface area contributed by atoms with Crippen LogP contribution in [0.1, 0.15) is 40.0 Å². The molecule has 0 spiro atoms. The number of carbonyl (C=O) groups is 2. The second-order valence-electron chi connectivity index (χ2n) is 6.55. The number of carboxylic acids is 1. The maximum Gasteiger partial charge on any atom is 0.326 e. The van der Waals surface area contributed by atoms with E-state index >= 15 is 0 Å². The molecule has 116 valence electrons. The Morgan fingerprint density at radius 3 is 2.55 bits per heavy atom. The van der Waals surface area contributed by atoms with Crippen LogP contribution in [0.5, 0.6) is 0 Å². The number of aliphatic carboxylic acids is 1. The summed E-state index contributed by atoms with van der Waals surface area (Å²) in [5.74, 6) is -0.716. The lowest BCUT2D eigenvalue weighted by Gasteiger charge is -2.35. The number of nitrogens with zero attached hydrogens (tertiary/aromatic N) is 1. The van der Waals surface area contributed by atoms with E-state index in [2.05, 4.69) is 5.32 Å². The highest BCUT2D eigenvalue weighted by molar-refractivity contribution is 5.83. The number of piperidine rings is 1. The Balaban J connectivity index is 2.62. The third kappa shape index (κ3) is 4.67. The summed E-state index contributed by atoms with van der Waals surface area (Å²) in [6.45, 7) is 6.72. The number of hydrogen-bond donors (Lipinski definition) is 3. The van der Waals surface area contributed by atoms with E-state index in [4.69, 9.17) is 5.11 Å². The van der Waals surface area contributed by atoms with Crippen molar-refractivity contribution in [2.24, 2.45) is 11.3 Å². The van der Waals surface area contributed by atoms with Crippen LogP contribution in [0.15, 0.2) is 0 Å². The SMILES string of the molecule is CC(C)(C)C(NC(=O)N1CCCC(CCO)C1)C(=O)O. The van der Waals surface area contributed by atoms with Gasteiger partial charge in [-0.1, -0.05) is 20.8 Å². The molecule has 0 radical (unpaired) electrons. The van der Waals surface area contributed by atoms with Gasteiger partial charge in [0.1, 0.15) is 6.04 Å². The Hall–Kier alpha value is -1.30. The van der Waals surface area contributed by atoms with Crippen LogP contribution in [-0.4, -0.2) is 52.9 Å². The Labute approximate surface area is 120 Å². The molecule has 0 aliphatic carbocycles. The maximum atomic E-state index is 12.2. The van der Waals surface area contributed by atoms with Crippen LogP contribution >= 0.6 is 0 Å². The molecular weight excluding hydrogens is 260 g/mol. The van der Waals surface area contributed by atoms with Crippen molar-refractivity contribution >= 4 is 12.0 Å². The van der Waals surface area contributed by atoms with Gasteiger partial charge >= 0.3 is 12.0 Å². The number of aliphatic hydroxyl groups is 1. The van der Waals surface area contributed by atoms with E-state index in [1.807, 2.05) is 0 Å². The molecule has 1 saturated heterocycles. The van der Waals surface area contributed by atoms with Crippen molar-refractivity contribution < 1.29 is 19.8 Å². The number of carbonyl (C=O) groups excluding carboxylic acids is 1. The maximum absolute atomic E-state index is 12.2. The standard InChI is InChI=1S/C14H26N2O4/c1-14(2,3)11(12(18)19)15-13(20)16-7-4-5-10(9-16)6-8-17/h10-11,17H,4-9H2,1-3H3,(H,15,20)(H,18,19). The highest BCUT2D eigenvalue weighted by atomic mass is 16.4. The molecule has 0 aromatic rings.